The lowest BCUT2D eigenvalue weighted by Gasteiger charge is -2.30. The largest absolute Gasteiger partial charge is 0.344 e. The van der Waals surface area contributed by atoms with Gasteiger partial charge >= 0.3 is 0 Å². The predicted molar refractivity (Wildman–Crippen MR) is 138 cm³/mol. The molecule has 0 bridgehead atoms. The van der Waals surface area contributed by atoms with Crippen LogP contribution < -0.4 is 10.6 Å². The van der Waals surface area contributed by atoms with Crippen LogP contribution in [0.15, 0.2) is 41.9 Å². The molecule has 1 saturated heterocycles. The van der Waals surface area contributed by atoms with Crippen LogP contribution in [0.3, 0.4) is 0 Å². The van der Waals surface area contributed by atoms with Crippen LogP contribution in [0.1, 0.15) is 49.1 Å². The Kier molecular flexibility index (Phi) is 9.22. The lowest BCUT2D eigenvalue weighted by molar-refractivity contribution is -0.143. The first-order valence-electron chi connectivity index (χ1n) is 13.0. The Morgan fingerprint density at radius 1 is 1.05 bits per heavy atom. The van der Waals surface area contributed by atoms with Gasteiger partial charge in [0.1, 0.15) is 17.1 Å². The van der Waals surface area contributed by atoms with Crippen LogP contribution >= 0.6 is 11.3 Å². The average molecular weight is 583 g/mol. The van der Waals surface area contributed by atoms with E-state index >= 15 is 0 Å². The van der Waals surface area contributed by atoms with E-state index in [2.05, 4.69) is 15.6 Å². The summed E-state index contributed by atoms with van der Waals surface area (Å²) in [6.45, 7) is -0.989. The standard InChI is InChI=1S/C27H30F4N4O4S/c28-26(29)8-6-18(7-9-26)13-22(36)35-16-27(30,31)14-20(35)24(38)34-19(12-17-4-2-1-3-5-17)23(37)25(39)33-15-21-32-10-11-40-21/h1-5,10-11,18-20H,6-9,12-16H2,(H,33,39)(H,34,38)/t19-,20-/m1/s1. The Hall–Kier alpha value is -3.35. The summed E-state index contributed by atoms with van der Waals surface area (Å²) < 4.78 is 55.9. The highest BCUT2D eigenvalue weighted by molar-refractivity contribution is 7.09. The van der Waals surface area contributed by atoms with Gasteiger partial charge in [-0.2, -0.15) is 0 Å². The second-order valence-corrected chi connectivity index (χ2v) is 11.3. The normalized spacial score (nSPS) is 21.0. The SMILES string of the molecule is O=C(NCc1nccs1)C(=O)[C@@H](Cc1ccccc1)NC(=O)[C@H]1CC(F)(F)CN1C(=O)CC1CCC(F)(F)CC1. The van der Waals surface area contributed by atoms with Crippen LogP contribution in [0.25, 0.3) is 0 Å². The molecule has 2 heterocycles. The number of nitrogens with one attached hydrogen (secondary N) is 2. The van der Waals surface area contributed by atoms with Crippen LogP contribution in [0.4, 0.5) is 17.6 Å². The molecule has 1 aliphatic carbocycles. The summed E-state index contributed by atoms with van der Waals surface area (Å²) in [6.07, 6.45) is -0.286. The highest BCUT2D eigenvalue weighted by Crippen LogP contribution is 2.39. The Morgan fingerprint density at radius 2 is 1.75 bits per heavy atom. The number of alkyl halides is 4. The Morgan fingerprint density at radius 3 is 2.40 bits per heavy atom. The lowest BCUT2D eigenvalue weighted by Crippen LogP contribution is -2.54. The van der Waals surface area contributed by atoms with Crippen molar-refractivity contribution in [1.29, 1.82) is 0 Å². The van der Waals surface area contributed by atoms with Crippen LogP contribution in [0.5, 0.6) is 0 Å². The maximum absolute atomic E-state index is 14.4. The van der Waals surface area contributed by atoms with Crippen LogP contribution in [0.2, 0.25) is 0 Å². The van der Waals surface area contributed by atoms with Crippen molar-refractivity contribution in [2.75, 3.05) is 6.54 Å². The first kappa shape index (κ1) is 29.6. The van der Waals surface area contributed by atoms with E-state index in [1.165, 1.54) is 11.3 Å². The number of thiazole rings is 1. The van der Waals surface area contributed by atoms with Crippen molar-refractivity contribution in [3.05, 3.63) is 52.5 Å². The summed E-state index contributed by atoms with van der Waals surface area (Å²) in [4.78, 5) is 56.8. The molecule has 2 N–H and O–H groups in total. The molecule has 2 fully saturated rings. The van der Waals surface area contributed by atoms with Gasteiger partial charge in [-0.05, 0) is 24.3 Å². The summed E-state index contributed by atoms with van der Waals surface area (Å²) in [5, 5.41) is 7.15. The average Bonchev–Trinajstić information content (AvgIpc) is 3.55. The molecule has 0 spiro atoms. The van der Waals surface area contributed by atoms with E-state index in [1.807, 2.05) is 0 Å². The van der Waals surface area contributed by atoms with E-state index in [1.54, 1.807) is 41.9 Å². The molecule has 8 nitrogen and oxygen atoms in total. The van der Waals surface area contributed by atoms with Crippen molar-refractivity contribution in [3.63, 3.8) is 0 Å². The number of carbonyl (C=O) groups excluding carboxylic acids is 4. The molecular weight excluding hydrogens is 552 g/mol. The Bertz CT molecular complexity index is 1200. The zero-order valence-corrected chi connectivity index (χ0v) is 22.4. The fourth-order valence-corrected chi connectivity index (χ4v) is 5.61. The third-order valence-corrected chi connectivity index (χ3v) is 8.00. The van der Waals surface area contributed by atoms with Crippen molar-refractivity contribution in [1.82, 2.24) is 20.5 Å². The number of likely N-dealkylation sites (tertiary alicyclic amines) is 1. The Balaban J connectivity index is 1.45. The molecule has 0 radical (unpaired) electrons. The van der Waals surface area contributed by atoms with Crippen molar-refractivity contribution in [3.8, 4) is 0 Å². The molecule has 40 heavy (non-hydrogen) atoms. The smallest absolute Gasteiger partial charge is 0.289 e. The zero-order chi connectivity index (χ0) is 28.9. The number of halogens is 4. The van der Waals surface area contributed by atoms with E-state index in [4.69, 9.17) is 0 Å². The second kappa shape index (κ2) is 12.4. The van der Waals surface area contributed by atoms with Gasteiger partial charge < -0.3 is 15.5 Å². The molecule has 2 aromatic rings. The molecule has 216 valence electrons. The van der Waals surface area contributed by atoms with Gasteiger partial charge in [0.25, 0.3) is 11.8 Å². The number of carbonyl (C=O) groups is 4. The number of rotatable bonds is 10. The summed E-state index contributed by atoms with van der Waals surface area (Å²) in [5.41, 5.74) is 0.618. The van der Waals surface area contributed by atoms with E-state index in [0.29, 0.717) is 10.6 Å². The minimum absolute atomic E-state index is 0.00152. The van der Waals surface area contributed by atoms with E-state index < -0.39 is 60.4 Å². The number of hydrogen-bond donors (Lipinski definition) is 2. The van der Waals surface area contributed by atoms with Crippen LogP contribution in [-0.2, 0) is 32.1 Å². The van der Waals surface area contributed by atoms with Crippen molar-refractivity contribution >= 4 is 34.8 Å². The van der Waals surface area contributed by atoms with Crippen LogP contribution in [0, 0.1) is 5.92 Å². The second-order valence-electron chi connectivity index (χ2n) is 10.3. The van der Waals surface area contributed by atoms with Crippen molar-refractivity contribution in [2.24, 2.45) is 5.92 Å². The molecule has 2 aliphatic rings. The quantitative estimate of drug-likeness (QED) is 0.329. The van der Waals surface area contributed by atoms with Gasteiger partial charge in [-0.3, -0.25) is 19.2 Å². The minimum Gasteiger partial charge on any atom is -0.344 e. The van der Waals surface area contributed by atoms with Gasteiger partial charge in [0, 0.05) is 43.7 Å². The summed E-state index contributed by atoms with van der Waals surface area (Å²) >= 11 is 1.28. The molecule has 3 amide bonds. The molecule has 2 atom stereocenters. The van der Waals surface area contributed by atoms with Crippen molar-refractivity contribution < 1.29 is 36.7 Å². The summed E-state index contributed by atoms with van der Waals surface area (Å²) in [5.74, 6) is -10.2. The van der Waals surface area contributed by atoms with Crippen molar-refractivity contribution in [2.45, 2.75) is 75.4 Å². The molecule has 1 aromatic carbocycles. The number of benzene rings is 1. The highest BCUT2D eigenvalue weighted by atomic mass is 32.1. The molecule has 1 aromatic heterocycles. The Labute approximate surface area is 232 Å². The molecule has 1 aliphatic heterocycles. The van der Waals surface area contributed by atoms with Gasteiger partial charge in [-0.1, -0.05) is 30.3 Å². The number of hydrogen-bond acceptors (Lipinski definition) is 6. The van der Waals surface area contributed by atoms with E-state index in [-0.39, 0.29) is 51.0 Å². The highest BCUT2D eigenvalue weighted by Gasteiger charge is 2.50. The summed E-state index contributed by atoms with van der Waals surface area (Å²) in [7, 11) is 0. The zero-order valence-electron chi connectivity index (χ0n) is 21.6. The maximum Gasteiger partial charge on any atom is 0.289 e. The number of ketones is 1. The monoisotopic (exact) mass is 582 g/mol. The van der Waals surface area contributed by atoms with E-state index in [9.17, 15) is 36.7 Å². The first-order chi connectivity index (χ1) is 18.9. The molecule has 1 saturated carbocycles. The third kappa shape index (κ3) is 7.86. The lowest BCUT2D eigenvalue weighted by atomic mass is 9.84. The fourth-order valence-electron chi connectivity index (χ4n) is 5.05. The molecule has 0 unspecified atom stereocenters. The number of nitrogens with zero attached hydrogens (tertiary/aromatic N) is 2. The van der Waals surface area contributed by atoms with Gasteiger partial charge in [0.15, 0.2) is 0 Å². The molecule has 13 heteroatoms. The first-order valence-corrected chi connectivity index (χ1v) is 13.9. The fraction of sp³-hybridized carbons (Fsp3) is 0.519. The minimum atomic E-state index is -3.35. The third-order valence-electron chi connectivity index (χ3n) is 7.22. The van der Waals surface area contributed by atoms with Gasteiger partial charge in [-0.15, -0.1) is 11.3 Å². The van der Waals surface area contributed by atoms with Gasteiger partial charge in [0.05, 0.1) is 13.1 Å². The number of amides is 3. The summed E-state index contributed by atoms with van der Waals surface area (Å²) in [6, 6.07) is 5.59. The number of Topliss-reactive ketones (excluding diaryl/α,β-unsaturated/α-hetero) is 1. The van der Waals surface area contributed by atoms with E-state index in [0.717, 1.165) is 4.90 Å². The van der Waals surface area contributed by atoms with Gasteiger partial charge in [-0.25, -0.2) is 22.5 Å². The molecular formula is C27H30F4N4O4S. The number of aromatic nitrogens is 1. The predicted octanol–water partition coefficient (Wildman–Crippen LogP) is 3.51. The van der Waals surface area contributed by atoms with Gasteiger partial charge in [0.2, 0.25) is 23.5 Å². The van der Waals surface area contributed by atoms with Crippen LogP contribution in [-0.4, -0.2) is 63.9 Å². The topological polar surface area (TPSA) is 108 Å². The molecule has 4 rings (SSSR count). The maximum atomic E-state index is 14.4.